The van der Waals surface area contributed by atoms with Gasteiger partial charge in [0.05, 0.1) is 11.1 Å². The third-order valence-electron chi connectivity index (χ3n) is 1.87. The molecule has 0 aliphatic carbocycles. The van der Waals surface area contributed by atoms with Crippen LogP contribution in [0.1, 0.15) is 12.8 Å². The first kappa shape index (κ1) is 12.9. The van der Waals surface area contributed by atoms with Crippen LogP contribution in [0, 0.1) is 5.82 Å². The molecule has 16 heavy (non-hydrogen) atoms. The van der Waals surface area contributed by atoms with Crippen molar-refractivity contribution in [2.24, 2.45) is 5.84 Å². The number of hydrogen-bond acceptors (Lipinski definition) is 3. The predicted octanol–water partition coefficient (Wildman–Crippen LogP) is 1.74. The summed E-state index contributed by atoms with van der Waals surface area (Å²) in [4.78, 5) is 10.8. The van der Waals surface area contributed by atoms with Crippen LogP contribution in [0.3, 0.4) is 0 Å². The number of halogens is 2. The van der Waals surface area contributed by atoms with Crippen LogP contribution < -0.4 is 16.0 Å². The van der Waals surface area contributed by atoms with Crippen molar-refractivity contribution in [2.45, 2.75) is 12.8 Å². The number of carbonyl (C=O) groups is 1. The predicted molar refractivity (Wildman–Crippen MR) is 61.2 cm³/mol. The Morgan fingerprint density at radius 3 is 2.94 bits per heavy atom. The van der Waals surface area contributed by atoms with Crippen molar-refractivity contribution >= 4 is 21.8 Å². The van der Waals surface area contributed by atoms with Gasteiger partial charge in [0, 0.05) is 12.5 Å². The summed E-state index contributed by atoms with van der Waals surface area (Å²) in [6.45, 7) is 0.342. The molecule has 0 aromatic heterocycles. The molecule has 1 rings (SSSR count). The molecule has 1 aromatic carbocycles. The standard InChI is InChI=1S/C10H12BrFN2O2/c11-8-4-3-7(6-9(8)12)16-5-1-2-10(15)14-13/h3-4,6H,1-2,5,13H2,(H,14,15). The number of hydrogen-bond donors (Lipinski definition) is 2. The molecule has 0 spiro atoms. The summed E-state index contributed by atoms with van der Waals surface area (Å²) in [5.74, 6) is 4.72. The van der Waals surface area contributed by atoms with Gasteiger partial charge in [-0.25, -0.2) is 10.2 Å². The van der Waals surface area contributed by atoms with Gasteiger partial charge in [-0.3, -0.25) is 10.2 Å². The van der Waals surface area contributed by atoms with Crippen molar-refractivity contribution in [2.75, 3.05) is 6.61 Å². The lowest BCUT2D eigenvalue weighted by molar-refractivity contribution is -0.121. The van der Waals surface area contributed by atoms with Gasteiger partial charge in [-0.1, -0.05) is 0 Å². The van der Waals surface area contributed by atoms with Crippen molar-refractivity contribution in [3.63, 3.8) is 0 Å². The number of nitrogens with one attached hydrogen (secondary N) is 1. The van der Waals surface area contributed by atoms with Crippen LogP contribution in [-0.4, -0.2) is 12.5 Å². The molecule has 1 aromatic rings. The van der Waals surface area contributed by atoms with Crippen LogP contribution in [0.15, 0.2) is 22.7 Å². The van der Waals surface area contributed by atoms with Crippen LogP contribution in [0.25, 0.3) is 0 Å². The maximum Gasteiger partial charge on any atom is 0.234 e. The summed E-state index contributed by atoms with van der Waals surface area (Å²) in [6, 6.07) is 4.50. The zero-order valence-electron chi connectivity index (χ0n) is 8.50. The Morgan fingerprint density at radius 2 is 2.31 bits per heavy atom. The molecule has 0 radical (unpaired) electrons. The third-order valence-corrected chi connectivity index (χ3v) is 2.51. The zero-order valence-corrected chi connectivity index (χ0v) is 10.1. The Kier molecular flexibility index (Phi) is 5.21. The minimum Gasteiger partial charge on any atom is -0.493 e. The van der Waals surface area contributed by atoms with Gasteiger partial charge < -0.3 is 4.74 Å². The highest BCUT2D eigenvalue weighted by Crippen LogP contribution is 2.20. The summed E-state index contributed by atoms with van der Waals surface area (Å²) >= 11 is 3.04. The summed E-state index contributed by atoms with van der Waals surface area (Å²) in [5.41, 5.74) is 2.02. The van der Waals surface area contributed by atoms with E-state index in [0.29, 0.717) is 23.2 Å². The summed E-state index contributed by atoms with van der Waals surface area (Å²) in [7, 11) is 0. The number of amides is 1. The van der Waals surface area contributed by atoms with E-state index in [2.05, 4.69) is 15.9 Å². The second-order valence-electron chi connectivity index (χ2n) is 3.10. The molecule has 1 amide bonds. The minimum atomic E-state index is -0.378. The van der Waals surface area contributed by atoms with Crippen molar-refractivity contribution in [3.8, 4) is 5.75 Å². The molecule has 0 heterocycles. The summed E-state index contributed by atoms with van der Waals surface area (Å²) < 4.78 is 18.7. The number of ether oxygens (including phenoxy) is 1. The average Bonchev–Trinajstić information content (AvgIpc) is 2.28. The van der Waals surface area contributed by atoms with Gasteiger partial charge in [0.2, 0.25) is 5.91 Å². The van der Waals surface area contributed by atoms with Crippen LogP contribution in [0.2, 0.25) is 0 Å². The number of carbonyl (C=O) groups excluding carboxylic acids is 1. The number of benzene rings is 1. The van der Waals surface area contributed by atoms with Crippen LogP contribution >= 0.6 is 15.9 Å². The Hall–Kier alpha value is -1.14. The second-order valence-corrected chi connectivity index (χ2v) is 3.95. The molecule has 0 saturated carbocycles. The Labute approximate surface area is 101 Å². The lowest BCUT2D eigenvalue weighted by Gasteiger charge is -2.06. The van der Waals surface area contributed by atoms with Crippen molar-refractivity contribution < 1.29 is 13.9 Å². The Bertz CT molecular complexity index is 374. The topological polar surface area (TPSA) is 64.3 Å². The summed E-state index contributed by atoms with van der Waals surface area (Å²) in [6.07, 6.45) is 0.816. The molecule has 0 fully saturated rings. The first-order valence-electron chi connectivity index (χ1n) is 4.71. The van der Waals surface area contributed by atoms with E-state index in [1.165, 1.54) is 6.07 Å². The zero-order chi connectivity index (χ0) is 12.0. The van der Waals surface area contributed by atoms with E-state index in [-0.39, 0.29) is 18.1 Å². The van der Waals surface area contributed by atoms with Crippen LogP contribution in [-0.2, 0) is 4.79 Å². The third kappa shape index (κ3) is 4.16. The molecule has 0 bridgehead atoms. The van der Waals surface area contributed by atoms with Gasteiger partial charge in [0.1, 0.15) is 11.6 Å². The van der Waals surface area contributed by atoms with Gasteiger partial charge in [-0.05, 0) is 34.5 Å². The average molecular weight is 291 g/mol. The molecule has 6 heteroatoms. The van der Waals surface area contributed by atoms with Gasteiger partial charge in [-0.15, -0.1) is 0 Å². The van der Waals surface area contributed by atoms with Crippen LogP contribution in [0.4, 0.5) is 4.39 Å². The number of rotatable bonds is 5. The first-order chi connectivity index (χ1) is 7.63. The van der Waals surface area contributed by atoms with Gasteiger partial charge in [0.15, 0.2) is 0 Å². The molecule has 0 aliphatic rings. The lowest BCUT2D eigenvalue weighted by Crippen LogP contribution is -2.29. The van der Waals surface area contributed by atoms with E-state index in [4.69, 9.17) is 10.6 Å². The molecule has 0 unspecified atom stereocenters. The van der Waals surface area contributed by atoms with Crippen molar-refractivity contribution in [1.82, 2.24) is 5.43 Å². The SMILES string of the molecule is NNC(=O)CCCOc1ccc(Br)c(F)c1. The second kappa shape index (κ2) is 6.44. The normalized spacial score (nSPS) is 9.94. The Balaban J connectivity index is 2.32. The maximum absolute atomic E-state index is 13.1. The molecular weight excluding hydrogens is 279 g/mol. The smallest absolute Gasteiger partial charge is 0.234 e. The maximum atomic E-state index is 13.1. The molecule has 88 valence electrons. The van der Waals surface area contributed by atoms with Crippen LogP contribution in [0.5, 0.6) is 5.75 Å². The van der Waals surface area contributed by atoms with E-state index < -0.39 is 0 Å². The molecule has 0 aliphatic heterocycles. The van der Waals surface area contributed by atoms with E-state index >= 15 is 0 Å². The van der Waals surface area contributed by atoms with Gasteiger partial charge >= 0.3 is 0 Å². The lowest BCUT2D eigenvalue weighted by atomic mass is 10.3. The van der Waals surface area contributed by atoms with Gasteiger partial charge in [0.25, 0.3) is 0 Å². The fourth-order valence-corrected chi connectivity index (χ4v) is 1.31. The largest absolute Gasteiger partial charge is 0.493 e. The highest BCUT2D eigenvalue weighted by Gasteiger charge is 2.02. The first-order valence-corrected chi connectivity index (χ1v) is 5.50. The highest BCUT2D eigenvalue weighted by molar-refractivity contribution is 9.10. The van der Waals surface area contributed by atoms with E-state index in [0.717, 1.165) is 0 Å². The molecule has 3 N–H and O–H groups in total. The van der Waals surface area contributed by atoms with E-state index in [9.17, 15) is 9.18 Å². The van der Waals surface area contributed by atoms with E-state index in [1.807, 2.05) is 5.43 Å². The number of hydrazine groups is 1. The number of nitrogens with two attached hydrogens (primary N) is 1. The summed E-state index contributed by atoms with van der Waals surface area (Å²) in [5, 5.41) is 0. The van der Waals surface area contributed by atoms with E-state index in [1.54, 1.807) is 12.1 Å². The van der Waals surface area contributed by atoms with Gasteiger partial charge in [-0.2, -0.15) is 0 Å². The quantitative estimate of drug-likeness (QED) is 0.376. The molecule has 0 atom stereocenters. The van der Waals surface area contributed by atoms with Crippen molar-refractivity contribution in [3.05, 3.63) is 28.5 Å². The minimum absolute atomic E-state index is 0.245. The Morgan fingerprint density at radius 1 is 1.56 bits per heavy atom. The van der Waals surface area contributed by atoms with Crippen molar-refractivity contribution in [1.29, 1.82) is 0 Å². The monoisotopic (exact) mass is 290 g/mol. The fraction of sp³-hybridized carbons (Fsp3) is 0.300. The molecule has 0 saturated heterocycles. The fourth-order valence-electron chi connectivity index (χ4n) is 1.06. The molecule has 4 nitrogen and oxygen atoms in total. The highest BCUT2D eigenvalue weighted by atomic mass is 79.9. The molecular formula is C10H12BrFN2O2.